The number of carbonyl (C=O) groups excluding carboxylic acids is 1. The molecule has 1 aliphatic carbocycles. The molecule has 18 heavy (non-hydrogen) atoms. The molecule has 2 nitrogen and oxygen atoms in total. The van der Waals surface area contributed by atoms with Crippen molar-refractivity contribution in [1.29, 1.82) is 0 Å². The summed E-state index contributed by atoms with van der Waals surface area (Å²) < 4.78 is 12.9. The molecule has 2 rings (SSSR count). The van der Waals surface area contributed by atoms with Crippen molar-refractivity contribution in [2.24, 2.45) is 5.92 Å². The average Bonchev–Trinajstić information content (AvgIpc) is 2.82. The Bertz CT molecular complexity index is 399. The van der Waals surface area contributed by atoms with E-state index in [0.29, 0.717) is 25.3 Å². The van der Waals surface area contributed by atoms with Gasteiger partial charge in [-0.2, -0.15) is 0 Å². The molecule has 0 atom stereocenters. The lowest BCUT2D eigenvalue weighted by Crippen LogP contribution is -2.27. The number of nitrogens with one attached hydrogen (secondary N) is 1. The molecule has 0 spiro atoms. The standard InChI is InChI=1S/C15H20FNO/c16-14-7-3-6-13(10-14)8-9-17-15(18)11-12-4-1-2-5-12/h3,6-7,10,12H,1-2,4-5,8-9,11H2,(H,17,18). The molecule has 1 N–H and O–H groups in total. The number of benzene rings is 1. The van der Waals surface area contributed by atoms with E-state index in [9.17, 15) is 9.18 Å². The number of carbonyl (C=O) groups is 1. The van der Waals surface area contributed by atoms with Crippen LogP contribution in [0.5, 0.6) is 0 Å². The zero-order valence-corrected chi connectivity index (χ0v) is 10.6. The first-order valence-corrected chi connectivity index (χ1v) is 6.75. The van der Waals surface area contributed by atoms with Gasteiger partial charge < -0.3 is 5.32 Å². The summed E-state index contributed by atoms with van der Waals surface area (Å²) in [5, 5.41) is 2.92. The maximum Gasteiger partial charge on any atom is 0.220 e. The van der Waals surface area contributed by atoms with Crippen LogP contribution in [0.2, 0.25) is 0 Å². The van der Waals surface area contributed by atoms with Gasteiger partial charge in [-0.1, -0.05) is 25.0 Å². The van der Waals surface area contributed by atoms with Gasteiger partial charge in [-0.25, -0.2) is 4.39 Å². The van der Waals surface area contributed by atoms with Crippen LogP contribution in [0.3, 0.4) is 0 Å². The first-order valence-electron chi connectivity index (χ1n) is 6.75. The Balaban J connectivity index is 1.66. The normalized spacial score (nSPS) is 15.8. The van der Waals surface area contributed by atoms with Gasteiger partial charge in [0.25, 0.3) is 0 Å². The number of amides is 1. The fourth-order valence-corrected chi connectivity index (χ4v) is 2.59. The van der Waals surface area contributed by atoms with Crippen molar-refractivity contribution in [2.45, 2.75) is 38.5 Å². The predicted molar refractivity (Wildman–Crippen MR) is 69.7 cm³/mol. The van der Waals surface area contributed by atoms with Crippen LogP contribution in [0.15, 0.2) is 24.3 Å². The summed E-state index contributed by atoms with van der Waals surface area (Å²) in [4.78, 5) is 11.7. The summed E-state index contributed by atoms with van der Waals surface area (Å²) in [7, 11) is 0. The molecular weight excluding hydrogens is 229 g/mol. The maximum absolute atomic E-state index is 12.9. The van der Waals surface area contributed by atoms with Crippen molar-refractivity contribution >= 4 is 5.91 Å². The van der Waals surface area contributed by atoms with Gasteiger partial charge in [0.05, 0.1) is 0 Å². The number of halogens is 1. The van der Waals surface area contributed by atoms with E-state index in [1.165, 1.54) is 37.8 Å². The second kappa shape index (κ2) is 6.53. The fraction of sp³-hybridized carbons (Fsp3) is 0.533. The Morgan fingerprint density at radius 3 is 2.83 bits per heavy atom. The van der Waals surface area contributed by atoms with Gasteiger partial charge in [0.15, 0.2) is 0 Å². The molecule has 98 valence electrons. The highest BCUT2D eigenvalue weighted by atomic mass is 19.1. The van der Waals surface area contributed by atoms with Gasteiger partial charge in [0.2, 0.25) is 5.91 Å². The monoisotopic (exact) mass is 249 g/mol. The van der Waals surface area contributed by atoms with E-state index < -0.39 is 0 Å². The Labute approximate surface area is 108 Å². The van der Waals surface area contributed by atoms with Crippen LogP contribution < -0.4 is 5.32 Å². The summed E-state index contributed by atoms with van der Waals surface area (Å²) in [6.07, 6.45) is 6.26. The van der Waals surface area contributed by atoms with Gasteiger partial charge in [-0.3, -0.25) is 4.79 Å². The summed E-state index contributed by atoms with van der Waals surface area (Å²) >= 11 is 0. The van der Waals surface area contributed by atoms with E-state index in [1.807, 2.05) is 6.07 Å². The summed E-state index contributed by atoms with van der Waals surface area (Å²) in [5.74, 6) is 0.502. The third kappa shape index (κ3) is 4.13. The minimum Gasteiger partial charge on any atom is -0.356 e. The molecule has 1 aromatic rings. The molecule has 1 aliphatic rings. The molecule has 0 heterocycles. The smallest absolute Gasteiger partial charge is 0.220 e. The maximum atomic E-state index is 12.9. The van der Waals surface area contributed by atoms with Crippen LogP contribution in [-0.2, 0) is 11.2 Å². The first kappa shape index (κ1) is 13.1. The summed E-state index contributed by atoms with van der Waals surface area (Å²) in [6, 6.07) is 6.53. The van der Waals surface area contributed by atoms with Gasteiger partial charge >= 0.3 is 0 Å². The molecule has 0 aliphatic heterocycles. The number of rotatable bonds is 5. The third-order valence-electron chi connectivity index (χ3n) is 3.57. The van der Waals surface area contributed by atoms with Gasteiger partial charge in [0.1, 0.15) is 5.82 Å². The van der Waals surface area contributed by atoms with E-state index in [0.717, 1.165) is 5.56 Å². The van der Waals surface area contributed by atoms with Crippen LogP contribution in [0.4, 0.5) is 4.39 Å². The minimum atomic E-state index is -0.218. The van der Waals surface area contributed by atoms with Crippen molar-refractivity contribution in [3.05, 3.63) is 35.6 Å². The van der Waals surface area contributed by atoms with E-state index >= 15 is 0 Å². The summed E-state index contributed by atoms with van der Waals surface area (Å²) in [6.45, 7) is 0.592. The molecular formula is C15H20FNO. The zero-order valence-electron chi connectivity index (χ0n) is 10.6. The van der Waals surface area contributed by atoms with Crippen LogP contribution in [-0.4, -0.2) is 12.5 Å². The Morgan fingerprint density at radius 1 is 1.33 bits per heavy atom. The van der Waals surface area contributed by atoms with E-state index in [-0.39, 0.29) is 11.7 Å². The van der Waals surface area contributed by atoms with Crippen molar-refractivity contribution in [2.75, 3.05) is 6.54 Å². The second-order valence-electron chi connectivity index (χ2n) is 5.08. The molecule has 0 unspecified atom stereocenters. The van der Waals surface area contributed by atoms with Crippen LogP contribution in [0.25, 0.3) is 0 Å². The third-order valence-corrected chi connectivity index (χ3v) is 3.57. The van der Waals surface area contributed by atoms with Crippen LogP contribution in [0.1, 0.15) is 37.7 Å². The molecule has 0 aromatic heterocycles. The van der Waals surface area contributed by atoms with Gasteiger partial charge in [0, 0.05) is 13.0 Å². The van der Waals surface area contributed by atoms with Crippen molar-refractivity contribution in [3.8, 4) is 0 Å². The van der Waals surface area contributed by atoms with E-state index in [2.05, 4.69) is 5.32 Å². The van der Waals surface area contributed by atoms with Gasteiger partial charge in [-0.05, 0) is 42.9 Å². The number of hydrogen-bond acceptors (Lipinski definition) is 1. The average molecular weight is 249 g/mol. The SMILES string of the molecule is O=C(CC1CCCC1)NCCc1cccc(F)c1. The molecule has 1 aromatic carbocycles. The Kier molecular flexibility index (Phi) is 4.73. The zero-order chi connectivity index (χ0) is 12.8. The molecule has 3 heteroatoms. The highest BCUT2D eigenvalue weighted by Crippen LogP contribution is 2.27. The topological polar surface area (TPSA) is 29.1 Å². The minimum absolute atomic E-state index is 0.137. The first-order chi connectivity index (χ1) is 8.74. The Hall–Kier alpha value is -1.38. The summed E-state index contributed by atoms with van der Waals surface area (Å²) in [5.41, 5.74) is 0.927. The van der Waals surface area contributed by atoms with Crippen molar-refractivity contribution in [1.82, 2.24) is 5.32 Å². The highest BCUT2D eigenvalue weighted by Gasteiger charge is 2.17. The van der Waals surface area contributed by atoms with Gasteiger partial charge in [-0.15, -0.1) is 0 Å². The fourth-order valence-electron chi connectivity index (χ4n) is 2.59. The lowest BCUT2D eigenvalue weighted by Gasteiger charge is -2.09. The molecule has 1 fully saturated rings. The quantitative estimate of drug-likeness (QED) is 0.853. The van der Waals surface area contributed by atoms with Crippen molar-refractivity contribution in [3.63, 3.8) is 0 Å². The van der Waals surface area contributed by atoms with Crippen LogP contribution >= 0.6 is 0 Å². The van der Waals surface area contributed by atoms with Crippen LogP contribution in [0, 0.1) is 11.7 Å². The molecule has 0 bridgehead atoms. The van der Waals surface area contributed by atoms with E-state index in [1.54, 1.807) is 6.07 Å². The highest BCUT2D eigenvalue weighted by molar-refractivity contribution is 5.76. The predicted octanol–water partition coefficient (Wildman–Crippen LogP) is 3.06. The molecule has 0 radical (unpaired) electrons. The molecule has 1 amide bonds. The lowest BCUT2D eigenvalue weighted by atomic mass is 10.0. The Morgan fingerprint density at radius 2 is 2.11 bits per heavy atom. The number of hydrogen-bond donors (Lipinski definition) is 1. The van der Waals surface area contributed by atoms with E-state index in [4.69, 9.17) is 0 Å². The lowest BCUT2D eigenvalue weighted by molar-refractivity contribution is -0.121. The molecule has 1 saturated carbocycles. The second-order valence-corrected chi connectivity index (χ2v) is 5.08. The largest absolute Gasteiger partial charge is 0.356 e. The molecule has 0 saturated heterocycles. The van der Waals surface area contributed by atoms with Crippen molar-refractivity contribution < 1.29 is 9.18 Å².